The zero-order chi connectivity index (χ0) is 66.6. The summed E-state index contributed by atoms with van der Waals surface area (Å²) in [5.41, 5.74) is 0. The molecule has 0 aromatic heterocycles. The fraction of sp³-hybridized carbons (Fsp3) is 0.756. The van der Waals surface area contributed by atoms with E-state index in [1.165, 1.54) is 167 Å². The van der Waals surface area contributed by atoms with E-state index in [1.54, 1.807) is 6.08 Å². The van der Waals surface area contributed by atoms with E-state index in [9.17, 15) is 45.6 Å². The first-order valence-corrected chi connectivity index (χ1v) is 37.1. The molecular formula is C78H135NO13. The fourth-order valence-electron chi connectivity index (χ4n) is 11.6. The van der Waals surface area contributed by atoms with E-state index in [-0.39, 0.29) is 18.9 Å². The molecular weight excluding hydrogens is 1160 g/mol. The average Bonchev–Trinajstić information content (AvgIpc) is 0.829. The molecule has 14 heteroatoms. The topological polar surface area (TPSA) is 228 Å². The molecule has 2 fully saturated rings. The van der Waals surface area contributed by atoms with E-state index in [1.807, 2.05) is 6.08 Å². The number of carbonyl (C=O) groups is 1. The summed E-state index contributed by atoms with van der Waals surface area (Å²) in [6.45, 7) is 2.69. The second-order valence-electron chi connectivity index (χ2n) is 25.7. The van der Waals surface area contributed by atoms with Crippen LogP contribution in [-0.4, -0.2) is 140 Å². The van der Waals surface area contributed by atoms with Crippen molar-refractivity contribution in [3.8, 4) is 0 Å². The monoisotopic (exact) mass is 1290 g/mol. The van der Waals surface area contributed by atoms with Crippen molar-refractivity contribution in [1.82, 2.24) is 5.32 Å². The van der Waals surface area contributed by atoms with Gasteiger partial charge in [-0.25, -0.2) is 0 Å². The molecule has 12 unspecified atom stereocenters. The van der Waals surface area contributed by atoms with Crippen LogP contribution in [0.2, 0.25) is 0 Å². The Balaban J connectivity index is 1.68. The third-order valence-electron chi connectivity index (χ3n) is 17.4. The molecule has 2 aliphatic heterocycles. The number of aliphatic hydroxyl groups is 8. The van der Waals surface area contributed by atoms with Crippen molar-refractivity contribution in [2.24, 2.45) is 0 Å². The van der Waals surface area contributed by atoms with Crippen LogP contribution >= 0.6 is 0 Å². The molecule has 0 bridgehead atoms. The summed E-state index contributed by atoms with van der Waals surface area (Å²) < 4.78 is 22.9. The average molecular weight is 1290 g/mol. The molecule has 14 nitrogen and oxygen atoms in total. The van der Waals surface area contributed by atoms with Crippen LogP contribution in [0.3, 0.4) is 0 Å². The predicted octanol–water partition coefficient (Wildman–Crippen LogP) is 15.9. The predicted molar refractivity (Wildman–Crippen MR) is 378 cm³/mol. The highest BCUT2D eigenvalue weighted by Crippen LogP contribution is 2.30. The second-order valence-corrected chi connectivity index (χ2v) is 25.7. The van der Waals surface area contributed by atoms with Gasteiger partial charge in [-0.1, -0.05) is 297 Å². The van der Waals surface area contributed by atoms with Gasteiger partial charge in [-0.2, -0.15) is 0 Å². The van der Waals surface area contributed by atoms with E-state index < -0.39 is 86.8 Å². The lowest BCUT2D eigenvalue weighted by molar-refractivity contribution is -0.359. The van der Waals surface area contributed by atoms with Crippen molar-refractivity contribution in [3.63, 3.8) is 0 Å². The Hall–Kier alpha value is -3.35. The van der Waals surface area contributed by atoms with Gasteiger partial charge in [-0.05, 0) is 89.9 Å². The van der Waals surface area contributed by atoms with Crippen LogP contribution in [0.15, 0.2) is 109 Å². The molecule has 1 amide bonds. The minimum atomic E-state index is -1.80. The zero-order valence-electron chi connectivity index (χ0n) is 57.8. The number of hydrogen-bond acceptors (Lipinski definition) is 13. The van der Waals surface area contributed by atoms with E-state index in [0.717, 1.165) is 83.5 Å². The first kappa shape index (κ1) is 84.7. The van der Waals surface area contributed by atoms with Crippen molar-refractivity contribution in [2.45, 2.75) is 357 Å². The SMILES string of the molecule is CC/C=C\C/C=C\C/C=C\C/C=C\C/C=C\C/C=C\C/C=C\CCCCCCCCCCCCCC(=O)NC(COC1OC(CO)C(OC2OC(CO)C(O)C(O)C2O)C(O)C1O)C(O)/C=C/CC/C=C/CCCCCCCCCCCCCCCCCCCCC. The normalized spacial score (nSPS) is 23.3. The molecule has 0 aliphatic carbocycles. The Labute approximate surface area is 559 Å². The summed E-state index contributed by atoms with van der Waals surface area (Å²) in [6, 6.07) is -0.942. The molecule has 0 saturated carbocycles. The first-order valence-electron chi connectivity index (χ1n) is 37.1. The van der Waals surface area contributed by atoms with Crippen LogP contribution < -0.4 is 5.32 Å². The van der Waals surface area contributed by atoms with Crippen LogP contribution in [0.1, 0.15) is 284 Å². The third-order valence-corrected chi connectivity index (χ3v) is 17.4. The van der Waals surface area contributed by atoms with Crippen molar-refractivity contribution in [3.05, 3.63) is 109 Å². The number of unbranched alkanes of at least 4 members (excludes halogenated alkanes) is 31. The van der Waals surface area contributed by atoms with Crippen molar-refractivity contribution in [1.29, 1.82) is 0 Å². The lowest BCUT2D eigenvalue weighted by Crippen LogP contribution is -2.65. The summed E-state index contributed by atoms with van der Waals surface area (Å²) in [6.07, 6.45) is 71.4. The molecule has 530 valence electrons. The summed E-state index contributed by atoms with van der Waals surface area (Å²) in [5, 5.41) is 87.5. The Bertz CT molecular complexity index is 1960. The molecule has 2 rings (SSSR count). The van der Waals surface area contributed by atoms with E-state index >= 15 is 0 Å². The van der Waals surface area contributed by atoms with Crippen LogP contribution in [-0.2, 0) is 23.7 Å². The molecule has 9 N–H and O–H groups in total. The minimum absolute atomic E-state index is 0.254. The standard InChI is InChI=1S/C78H135NO13/c1-3-5-7-9-11-13-15-17-19-21-23-25-27-29-30-31-32-33-34-35-36-38-40-42-44-46-48-50-52-54-56-58-60-62-70(83)79-66(65-89-77-75(88)73(86)76(69(64-81)91-77)92-78-74(87)72(85)71(84)68(63-80)90-78)67(82)61-59-57-55-53-51-49-47-45-43-41-39-37-28-26-24-22-20-18-16-14-12-10-8-6-4-2/h5,7,11,13,17,19,23,25,29-30,32-33,35-36,51,53,59,61,66-69,71-78,80-82,84-88H,3-4,6,8-10,12,14-16,18,20-22,24,26-28,31,34,37-50,52,54-58,60,62-65H2,1-2H3,(H,79,83)/b7-5-,13-11-,19-17-,25-23-,30-29-,33-32-,36-35-,53-51+,61-59+. The van der Waals surface area contributed by atoms with Gasteiger partial charge in [-0.15, -0.1) is 0 Å². The quantitative estimate of drug-likeness (QED) is 0.0204. The first-order chi connectivity index (χ1) is 45.1. The van der Waals surface area contributed by atoms with Gasteiger partial charge in [-0.3, -0.25) is 4.79 Å². The summed E-state index contributed by atoms with van der Waals surface area (Å²) >= 11 is 0. The van der Waals surface area contributed by atoms with Crippen LogP contribution in [0, 0.1) is 0 Å². The number of amides is 1. The lowest BCUT2D eigenvalue weighted by atomic mass is 9.97. The van der Waals surface area contributed by atoms with Crippen LogP contribution in [0.4, 0.5) is 0 Å². The van der Waals surface area contributed by atoms with Gasteiger partial charge in [0.25, 0.3) is 0 Å². The molecule has 2 saturated heterocycles. The zero-order valence-corrected chi connectivity index (χ0v) is 57.8. The van der Waals surface area contributed by atoms with E-state index in [2.05, 4.69) is 116 Å². The Kier molecular flexibility index (Phi) is 56.4. The molecule has 12 atom stereocenters. The van der Waals surface area contributed by atoms with Gasteiger partial charge >= 0.3 is 0 Å². The number of rotatable bonds is 60. The molecule has 0 radical (unpaired) electrons. The Morgan fingerprint density at radius 3 is 1.20 bits per heavy atom. The van der Waals surface area contributed by atoms with Crippen molar-refractivity contribution in [2.75, 3.05) is 19.8 Å². The highest BCUT2D eigenvalue weighted by atomic mass is 16.7. The summed E-state index contributed by atoms with van der Waals surface area (Å²) in [5.74, 6) is -0.254. The number of ether oxygens (including phenoxy) is 4. The number of allylic oxidation sites excluding steroid dienone is 17. The number of aliphatic hydroxyl groups excluding tert-OH is 8. The molecule has 2 heterocycles. The van der Waals surface area contributed by atoms with E-state index in [4.69, 9.17) is 18.9 Å². The minimum Gasteiger partial charge on any atom is -0.394 e. The number of hydrogen-bond donors (Lipinski definition) is 9. The Morgan fingerprint density at radius 1 is 0.402 bits per heavy atom. The van der Waals surface area contributed by atoms with Gasteiger partial charge in [0, 0.05) is 6.42 Å². The molecule has 0 aromatic rings. The third kappa shape index (κ3) is 44.4. The van der Waals surface area contributed by atoms with Crippen molar-refractivity contribution >= 4 is 5.91 Å². The van der Waals surface area contributed by atoms with Gasteiger partial charge in [0.15, 0.2) is 12.6 Å². The highest BCUT2D eigenvalue weighted by Gasteiger charge is 2.51. The van der Waals surface area contributed by atoms with Gasteiger partial charge in [0.05, 0.1) is 32.0 Å². The second kappa shape index (κ2) is 61.3. The molecule has 0 aromatic carbocycles. The van der Waals surface area contributed by atoms with Crippen LogP contribution in [0.25, 0.3) is 0 Å². The molecule has 2 aliphatic rings. The summed E-state index contributed by atoms with van der Waals surface area (Å²) in [4.78, 5) is 13.4. The summed E-state index contributed by atoms with van der Waals surface area (Å²) in [7, 11) is 0. The van der Waals surface area contributed by atoms with Gasteiger partial charge < -0.3 is 65.1 Å². The maximum Gasteiger partial charge on any atom is 0.220 e. The highest BCUT2D eigenvalue weighted by molar-refractivity contribution is 5.76. The largest absolute Gasteiger partial charge is 0.394 e. The lowest BCUT2D eigenvalue weighted by Gasteiger charge is -2.46. The van der Waals surface area contributed by atoms with E-state index in [0.29, 0.717) is 12.8 Å². The smallest absolute Gasteiger partial charge is 0.220 e. The van der Waals surface area contributed by atoms with Crippen molar-refractivity contribution < 1.29 is 64.6 Å². The maximum atomic E-state index is 13.4. The van der Waals surface area contributed by atoms with Crippen LogP contribution in [0.5, 0.6) is 0 Å². The van der Waals surface area contributed by atoms with Gasteiger partial charge in [0.2, 0.25) is 5.91 Å². The Morgan fingerprint density at radius 2 is 0.761 bits per heavy atom. The number of carbonyl (C=O) groups excluding carboxylic acids is 1. The molecule has 92 heavy (non-hydrogen) atoms. The maximum absolute atomic E-state index is 13.4. The van der Waals surface area contributed by atoms with Gasteiger partial charge in [0.1, 0.15) is 48.8 Å². The number of nitrogens with one attached hydrogen (secondary N) is 1. The molecule has 0 spiro atoms. The fourth-order valence-corrected chi connectivity index (χ4v) is 11.6.